The van der Waals surface area contributed by atoms with E-state index in [1.54, 1.807) is 7.05 Å². The number of hydrogen-bond acceptors (Lipinski definition) is 5. The lowest BCUT2D eigenvalue weighted by Crippen LogP contribution is -2.62. The number of ether oxygens (including phenoxy) is 1. The molecule has 2 aliphatic heterocycles. The molecule has 0 saturated carbocycles. The van der Waals surface area contributed by atoms with E-state index in [-0.39, 0.29) is 29.5 Å². The molecule has 0 aliphatic carbocycles. The molecule has 2 fully saturated rings. The number of guanidine groups is 1. The first-order chi connectivity index (χ1) is 14.4. The lowest BCUT2D eigenvalue weighted by Gasteiger charge is -2.50. The molecule has 0 spiro atoms. The summed E-state index contributed by atoms with van der Waals surface area (Å²) in [6.45, 7) is 15.7. The minimum atomic E-state index is -0.512. The molecule has 0 atom stereocenters. The molecule has 2 rings (SSSR count). The van der Waals surface area contributed by atoms with Gasteiger partial charge in [0.2, 0.25) is 0 Å². The molecular formula is C23H47IN6O2. The zero-order chi connectivity index (χ0) is 23.1. The summed E-state index contributed by atoms with van der Waals surface area (Å²) in [7, 11) is 4.01. The fourth-order valence-corrected chi connectivity index (χ4v) is 4.41. The van der Waals surface area contributed by atoms with Gasteiger partial charge >= 0.3 is 6.09 Å². The predicted molar refractivity (Wildman–Crippen MR) is 143 cm³/mol. The molecule has 0 unspecified atom stereocenters. The van der Waals surface area contributed by atoms with Crippen LogP contribution < -0.4 is 16.0 Å². The first-order valence-electron chi connectivity index (χ1n) is 11.8. The van der Waals surface area contributed by atoms with Gasteiger partial charge in [0.1, 0.15) is 5.60 Å². The van der Waals surface area contributed by atoms with Crippen molar-refractivity contribution in [2.75, 3.05) is 53.4 Å². The zero-order valence-corrected chi connectivity index (χ0v) is 23.7. The van der Waals surface area contributed by atoms with E-state index in [0.717, 1.165) is 25.6 Å². The van der Waals surface area contributed by atoms with Crippen LogP contribution in [-0.4, -0.2) is 91.9 Å². The van der Waals surface area contributed by atoms with E-state index in [4.69, 9.17) is 4.74 Å². The lowest BCUT2D eigenvalue weighted by atomic mass is 9.84. The second kappa shape index (κ2) is 12.6. The predicted octanol–water partition coefficient (Wildman–Crippen LogP) is 3.02. The number of halogens is 1. The largest absolute Gasteiger partial charge is 0.444 e. The highest BCUT2D eigenvalue weighted by atomic mass is 127. The van der Waals surface area contributed by atoms with Crippen LogP contribution in [0.4, 0.5) is 4.79 Å². The van der Waals surface area contributed by atoms with Crippen LogP contribution in [-0.2, 0) is 4.74 Å². The average Bonchev–Trinajstić information content (AvgIpc) is 2.68. The topological polar surface area (TPSA) is 81.2 Å². The Morgan fingerprint density at radius 3 is 2.12 bits per heavy atom. The summed E-state index contributed by atoms with van der Waals surface area (Å²) in [5.74, 6) is 0.773. The van der Waals surface area contributed by atoms with E-state index in [0.29, 0.717) is 6.54 Å². The number of alkyl carbamates (subject to hydrolysis) is 1. The number of piperidine rings is 2. The number of carbonyl (C=O) groups is 1. The minimum absolute atomic E-state index is 0. The number of nitrogens with zero attached hydrogens (tertiary/aromatic N) is 3. The number of likely N-dealkylation sites (tertiary alicyclic amines) is 2. The standard InChI is InChI=1S/C23H46N6O2.HI/c1-21(2,3)31-20(30)27-22(4,5)17-25-19(24-6)26-18-23(11-15-28(7)16-12-23)29-13-9-8-10-14-29;/h8-18H2,1-7H3,(H,27,30)(H2,24,25,26);1H. The van der Waals surface area contributed by atoms with Crippen LogP contribution in [0.1, 0.15) is 66.7 Å². The molecule has 0 radical (unpaired) electrons. The zero-order valence-electron chi connectivity index (χ0n) is 21.3. The lowest BCUT2D eigenvalue weighted by molar-refractivity contribution is 0.0173. The molecule has 8 nitrogen and oxygen atoms in total. The molecule has 0 bridgehead atoms. The van der Waals surface area contributed by atoms with E-state index >= 15 is 0 Å². The summed E-state index contributed by atoms with van der Waals surface area (Å²) >= 11 is 0. The first-order valence-corrected chi connectivity index (χ1v) is 11.8. The van der Waals surface area contributed by atoms with Gasteiger partial charge in [0.25, 0.3) is 0 Å². The molecular weight excluding hydrogens is 519 g/mol. The summed E-state index contributed by atoms with van der Waals surface area (Å²) < 4.78 is 5.39. The van der Waals surface area contributed by atoms with E-state index in [2.05, 4.69) is 37.8 Å². The molecule has 1 amide bonds. The van der Waals surface area contributed by atoms with Crippen molar-refractivity contribution in [1.82, 2.24) is 25.8 Å². The Kier molecular flexibility index (Phi) is 11.5. The maximum atomic E-state index is 12.1. The molecule has 9 heteroatoms. The van der Waals surface area contributed by atoms with Gasteiger partial charge in [0.05, 0.1) is 5.54 Å². The van der Waals surface area contributed by atoms with Gasteiger partial charge in [-0.05, 0) is 93.5 Å². The third-order valence-electron chi connectivity index (χ3n) is 6.29. The van der Waals surface area contributed by atoms with Crippen molar-refractivity contribution in [3.8, 4) is 0 Å². The summed E-state index contributed by atoms with van der Waals surface area (Å²) in [5.41, 5.74) is -0.797. The molecule has 2 heterocycles. The fourth-order valence-electron chi connectivity index (χ4n) is 4.41. The quantitative estimate of drug-likeness (QED) is 0.261. The Morgan fingerprint density at radius 2 is 1.59 bits per heavy atom. The highest BCUT2D eigenvalue weighted by molar-refractivity contribution is 14.0. The summed E-state index contributed by atoms with van der Waals surface area (Å²) in [5, 5.41) is 9.92. The van der Waals surface area contributed by atoms with Gasteiger partial charge in [-0.1, -0.05) is 6.42 Å². The average molecular weight is 567 g/mol. The SMILES string of the molecule is CN=C(NCC(C)(C)NC(=O)OC(C)(C)C)NCC1(N2CCCCC2)CCN(C)CC1.I. The maximum absolute atomic E-state index is 12.1. The van der Waals surface area contributed by atoms with E-state index < -0.39 is 17.2 Å². The Labute approximate surface area is 212 Å². The summed E-state index contributed by atoms with van der Waals surface area (Å²) in [6, 6.07) is 0. The number of nitrogens with one attached hydrogen (secondary N) is 3. The second-order valence-electron chi connectivity index (χ2n) is 10.9. The van der Waals surface area contributed by atoms with Crippen LogP contribution in [0.3, 0.4) is 0 Å². The number of aliphatic imine (C=N–C) groups is 1. The summed E-state index contributed by atoms with van der Waals surface area (Å²) in [4.78, 5) is 21.7. The number of rotatable bonds is 6. The first kappa shape index (κ1) is 29.2. The van der Waals surface area contributed by atoms with E-state index in [1.807, 2.05) is 34.6 Å². The van der Waals surface area contributed by atoms with Gasteiger partial charge in [-0.3, -0.25) is 9.89 Å². The van der Waals surface area contributed by atoms with E-state index in [9.17, 15) is 4.79 Å². The van der Waals surface area contributed by atoms with Crippen molar-refractivity contribution in [2.45, 2.75) is 83.4 Å². The fraction of sp³-hybridized carbons (Fsp3) is 0.913. The van der Waals surface area contributed by atoms with Crippen molar-refractivity contribution in [2.24, 2.45) is 4.99 Å². The highest BCUT2D eigenvalue weighted by Gasteiger charge is 2.39. The second-order valence-corrected chi connectivity index (χ2v) is 10.9. The normalized spacial score (nSPS) is 20.8. The molecule has 0 aromatic rings. The maximum Gasteiger partial charge on any atom is 0.408 e. The highest BCUT2D eigenvalue weighted by Crippen LogP contribution is 2.30. The Hall–Kier alpha value is -0.810. The van der Waals surface area contributed by atoms with Crippen LogP contribution in [0, 0.1) is 0 Å². The summed E-state index contributed by atoms with van der Waals surface area (Å²) in [6.07, 6.45) is 5.91. The van der Waals surface area contributed by atoms with Crippen LogP contribution in [0.15, 0.2) is 4.99 Å². The number of carbonyl (C=O) groups excluding carboxylic acids is 1. The van der Waals surface area contributed by atoms with Crippen molar-refractivity contribution < 1.29 is 9.53 Å². The van der Waals surface area contributed by atoms with Crippen molar-refractivity contribution >= 4 is 36.0 Å². The number of hydrogen-bond donors (Lipinski definition) is 3. The van der Waals surface area contributed by atoms with Gasteiger partial charge in [-0.2, -0.15) is 0 Å². The van der Waals surface area contributed by atoms with Crippen LogP contribution in [0.2, 0.25) is 0 Å². The van der Waals surface area contributed by atoms with Crippen LogP contribution in [0.25, 0.3) is 0 Å². The minimum Gasteiger partial charge on any atom is -0.444 e. The molecule has 188 valence electrons. The third-order valence-corrected chi connectivity index (χ3v) is 6.29. The molecule has 2 saturated heterocycles. The Morgan fingerprint density at radius 1 is 1.00 bits per heavy atom. The Bertz CT molecular complexity index is 606. The molecule has 32 heavy (non-hydrogen) atoms. The van der Waals surface area contributed by atoms with Crippen molar-refractivity contribution in [3.63, 3.8) is 0 Å². The van der Waals surface area contributed by atoms with Crippen LogP contribution in [0.5, 0.6) is 0 Å². The molecule has 3 N–H and O–H groups in total. The molecule has 0 aromatic heterocycles. The van der Waals surface area contributed by atoms with Gasteiger partial charge in [-0.15, -0.1) is 24.0 Å². The number of amides is 1. The van der Waals surface area contributed by atoms with Crippen molar-refractivity contribution in [3.05, 3.63) is 0 Å². The molecule has 0 aromatic carbocycles. The van der Waals surface area contributed by atoms with Gasteiger partial charge in [0.15, 0.2) is 5.96 Å². The van der Waals surface area contributed by atoms with Crippen molar-refractivity contribution in [1.29, 1.82) is 0 Å². The monoisotopic (exact) mass is 566 g/mol. The van der Waals surface area contributed by atoms with E-state index in [1.165, 1.54) is 45.2 Å². The van der Waals surface area contributed by atoms with Crippen LogP contribution >= 0.6 is 24.0 Å². The Balaban J connectivity index is 0.00000512. The van der Waals surface area contributed by atoms with Gasteiger partial charge < -0.3 is 25.6 Å². The smallest absolute Gasteiger partial charge is 0.408 e. The van der Waals surface area contributed by atoms with Gasteiger partial charge in [0, 0.05) is 25.7 Å². The van der Waals surface area contributed by atoms with Gasteiger partial charge in [-0.25, -0.2) is 4.79 Å². The third kappa shape index (κ3) is 9.59. The molecule has 2 aliphatic rings.